The van der Waals surface area contributed by atoms with Gasteiger partial charge < -0.3 is 28.7 Å². The molecule has 2 aliphatic heterocycles. The van der Waals surface area contributed by atoms with Gasteiger partial charge in [0.1, 0.15) is 11.2 Å². The lowest BCUT2D eigenvalue weighted by Crippen LogP contribution is -2.49. The fourth-order valence-corrected chi connectivity index (χ4v) is 4.89. The Morgan fingerprint density at radius 2 is 1.22 bits per heavy atom. The van der Waals surface area contributed by atoms with Crippen LogP contribution in [-0.2, 0) is 35.0 Å². The number of likely N-dealkylation sites (tertiary alicyclic amines) is 2. The molecule has 0 radical (unpaired) electrons. The van der Waals surface area contributed by atoms with E-state index in [0.717, 1.165) is 5.56 Å². The molecule has 0 aromatic heterocycles. The first-order valence-electron chi connectivity index (χ1n) is 14.2. The monoisotopic (exact) mass is 576 g/mol. The molecule has 10 nitrogen and oxygen atoms in total. The molecule has 2 heterocycles. The normalized spacial score (nSPS) is 17.5. The van der Waals surface area contributed by atoms with Crippen LogP contribution < -0.4 is 0 Å². The van der Waals surface area contributed by atoms with E-state index >= 15 is 0 Å². The molecule has 41 heavy (non-hydrogen) atoms. The first-order valence-corrected chi connectivity index (χ1v) is 14.2. The van der Waals surface area contributed by atoms with Crippen molar-refractivity contribution in [2.24, 2.45) is 11.3 Å². The van der Waals surface area contributed by atoms with E-state index in [2.05, 4.69) is 0 Å². The van der Waals surface area contributed by atoms with E-state index in [1.54, 1.807) is 9.80 Å². The van der Waals surface area contributed by atoms with Crippen LogP contribution in [0.5, 0.6) is 0 Å². The lowest BCUT2D eigenvalue weighted by atomic mass is 9.74. The Hall–Kier alpha value is -3.30. The summed E-state index contributed by atoms with van der Waals surface area (Å²) in [6.45, 7) is 13.2. The SMILES string of the molecule is COC(=O)C1(Cc2ccccc2)CCN(C(=O)OC(C)(C)C)CC1.COC(=O)C1CCN(C(=O)OC(C)(C)C)CC1. The van der Waals surface area contributed by atoms with Crippen LogP contribution in [-0.4, -0.2) is 85.5 Å². The van der Waals surface area contributed by atoms with Crippen molar-refractivity contribution >= 4 is 24.1 Å². The van der Waals surface area contributed by atoms with Gasteiger partial charge in [0.05, 0.1) is 25.6 Å². The molecule has 0 saturated carbocycles. The number of carbonyl (C=O) groups is 4. The molecular weight excluding hydrogens is 528 g/mol. The summed E-state index contributed by atoms with van der Waals surface area (Å²) >= 11 is 0. The van der Waals surface area contributed by atoms with Gasteiger partial charge in [-0.05, 0) is 79.2 Å². The van der Waals surface area contributed by atoms with Crippen LogP contribution in [0, 0.1) is 11.3 Å². The minimum Gasteiger partial charge on any atom is -0.469 e. The van der Waals surface area contributed by atoms with Crippen molar-refractivity contribution in [3.8, 4) is 0 Å². The zero-order valence-corrected chi connectivity index (χ0v) is 26.0. The van der Waals surface area contributed by atoms with E-state index in [4.69, 9.17) is 18.9 Å². The number of methoxy groups -OCH3 is 2. The lowest BCUT2D eigenvalue weighted by Gasteiger charge is -2.40. The Bertz CT molecular complexity index is 1010. The number of amides is 2. The number of ether oxygens (including phenoxy) is 4. The van der Waals surface area contributed by atoms with E-state index in [1.165, 1.54) is 14.2 Å². The Morgan fingerprint density at radius 1 is 0.756 bits per heavy atom. The molecule has 1 aromatic carbocycles. The summed E-state index contributed by atoms with van der Waals surface area (Å²) in [7, 11) is 2.82. The smallest absolute Gasteiger partial charge is 0.410 e. The predicted octanol–water partition coefficient (Wildman–Crippen LogP) is 5.23. The van der Waals surface area contributed by atoms with Crippen LogP contribution >= 0.6 is 0 Å². The van der Waals surface area contributed by atoms with E-state index in [0.29, 0.717) is 58.3 Å². The molecule has 0 unspecified atom stereocenters. The molecule has 230 valence electrons. The van der Waals surface area contributed by atoms with Crippen LogP contribution in [0.15, 0.2) is 30.3 Å². The third-order valence-electron chi connectivity index (χ3n) is 7.06. The molecule has 0 N–H and O–H groups in total. The van der Waals surface area contributed by atoms with Gasteiger partial charge in [-0.3, -0.25) is 9.59 Å². The van der Waals surface area contributed by atoms with Crippen LogP contribution in [0.25, 0.3) is 0 Å². The van der Waals surface area contributed by atoms with Crippen molar-refractivity contribution < 1.29 is 38.1 Å². The van der Waals surface area contributed by atoms with Crippen LogP contribution in [0.1, 0.15) is 72.8 Å². The summed E-state index contributed by atoms with van der Waals surface area (Å²) in [6, 6.07) is 9.93. The summed E-state index contributed by atoms with van der Waals surface area (Å²) in [5, 5.41) is 0. The van der Waals surface area contributed by atoms with Gasteiger partial charge >= 0.3 is 24.1 Å². The Kier molecular flexibility index (Phi) is 12.0. The largest absolute Gasteiger partial charge is 0.469 e. The zero-order chi connectivity index (χ0) is 30.8. The van der Waals surface area contributed by atoms with Gasteiger partial charge in [-0.15, -0.1) is 0 Å². The Labute approximate surface area is 244 Å². The third kappa shape index (κ3) is 10.9. The molecule has 0 bridgehead atoms. The van der Waals surface area contributed by atoms with Gasteiger partial charge in [0.2, 0.25) is 0 Å². The summed E-state index contributed by atoms with van der Waals surface area (Å²) in [5.74, 6) is -0.470. The summed E-state index contributed by atoms with van der Waals surface area (Å²) in [4.78, 5) is 51.0. The number of nitrogens with zero attached hydrogens (tertiary/aromatic N) is 2. The highest BCUT2D eigenvalue weighted by Gasteiger charge is 2.44. The average Bonchev–Trinajstić information content (AvgIpc) is 2.91. The summed E-state index contributed by atoms with van der Waals surface area (Å²) in [5.41, 5.74) is -0.461. The number of benzene rings is 1. The lowest BCUT2D eigenvalue weighted by molar-refractivity contribution is -0.156. The Balaban J connectivity index is 0.000000305. The molecular formula is C31H48N2O8. The minimum absolute atomic E-state index is 0.0845. The number of carbonyl (C=O) groups excluding carboxylic acids is 4. The molecule has 2 aliphatic rings. The van der Waals surface area contributed by atoms with Gasteiger partial charge in [0.25, 0.3) is 0 Å². The second-order valence-electron chi connectivity index (χ2n) is 12.7. The highest BCUT2D eigenvalue weighted by molar-refractivity contribution is 5.78. The van der Waals surface area contributed by atoms with Crippen molar-refractivity contribution in [3.05, 3.63) is 35.9 Å². The molecule has 1 aromatic rings. The molecule has 2 fully saturated rings. The number of esters is 2. The second kappa shape index (κ2) is 14.5. The van der Waals surface area contributed by atoms with Crippen LogP contribution in [0.4, 0.5) is 9.59 Å². The zero-order valence-electron chi connectivity index (χ0n) is 26.0. The van der Waals surface area contributed by atoms with Crippen LogP contribution in [0.3, 0.4) is 0 Å². The van der Waals surface area contributed by atoms with Crippen molar-refractivity contribution in [1.29, 1.82) is 0 Å². The number of hydrogen-bond acceptors (Lipinski definition) is 8. The highest BCUT2D eigenvalue weighted by atomic mass is 16.6. The summed E-state index contributed by atoms with van der Waals surface area (Å²) < 4.78 is 20.5. The van der Waals surface area contributed by atoms with Gasteiger partial charge in [-0.1, -0.05) is 30.3 Å². The van der Waals surface area contributed by atoms with Crippen molar-refractivity contribution in [2.45, 2.75) is 84.8 Å². The fraction of sp³-hybridized carbons (Fsp3) is 0.677. The minimum atomic E-state index is -0.575. The summed E-state index contributed by atoms with van der Waals surface area (Å²) in [6.07, 6.45) is 2.45. The molecule has 2 amide bonds. The topological polar surface area (TPSA) is 112 Å². The van der Waals surface area contributed by atoms with Crippen molar-refractivity contribution in [1.82, 2.24) is 9.80 Å². The number of piperidine rings is 2. The third-order valence-corrected chi connectivity index (χ3v) is 7.06. The number of rotatable bonds is 4. The van der Waals surface area contributed by atoms with Gasteiger partial charge in [-0.2, -0.15) is 0 Å². The highest BCUT2D eigenvalue weighted by Crippen LogP contribution is 2.37. The van der Waals surface area contributed by atoms with Crippen molar-refractivity contribution in [2.75, 3.05) is 40.4 Å². The van der Waals surface area contributed by atoms with E-state index in [1.807, 2.05) is 71.9 Å². The maximum Gasteiger partial charge on any atom is 0.410 e. The van der Waals surface area contributed by atoms with E-state index < -0.39 is 16.6 Å². The number of hydrogen-bond donors (Lipinski definition) is 0. The van der Waals surface area contributed by atoms with Gasteiger partial charge in [-0.25, -0.2) is 9.59 Å². The fourth-order valence-electron chi connectivity index (χ4n) is 4.89. The molecule has 0 spiro atoms. The predicted molar refractivity (Wildman–Crippen MR) is 154 cm³/mol. The average molecular weight is 577 g/mol. The van der Waals surface area contributed by atoms with Crippen LogP contribution in [0.2, 0.25) is 0 Å². The molecule has 0 aliphatic carbocycles. The second-order valence-corrected chi connectivity index (χ2v) is 12.7. The maximum absolute atomic E-state index is 12.4. The van der Waals surface area contributed by atoms with E-state index in [9.17, 15) is 19.2 Å². The standard InChI is InChI=1S/C19H27NO4.C12H21NO4/c1-18(2,3)24-17(22)20-12-10-19(11-13-20,16(21)23-4)14-15-8-6-5-7-9-15;1-12(2,3)17-11(15)13-7-5-9(6-8-13)10(14)16-4/h5-9H,10-14H2,1-4H3;9H,5-8H2,1-4H3. The first kappa shape index (κ1) is 33.9. The molecule has 2 saturated heterocycles. The van der Waals surface area contributed by atoms with Gasteiger partial charge in [0, 0.05) is 26.2 Å². The molecule has 3 rings (SSSR count). The van der Waals surface area contributed by atoms with Crippen molar-refractivity contribution in [3.63, 3.8) is 0 Å². The van der Waals surface area contributed by atoms with Gasteiger partial charge in [0.15, 0.2) is 0 Å². The quantitative estimate of drug-likeness (QED) is 0.354. The molecule has 0 atom stereocenters. The first-order chi connectivity index (χ1) is 19.1. The Morgan fingerprint density at radius 3 is 1.63 bits per heavy atom. The van der Waals surface area contributed by atoms with E-state index in [-0.39, 0.29) is 30.0 Å². The maximum atomic E-state index is 12.4. The molecule has 10 heteroatoms.